The number of pyridine rings is 1. The minimum atomic E-state index is -0.757. The normalized spacial score (nSPS) is 10.5. The van der Waals surface area contributed by atoms with Crippen LogP contribution in [0.5, 0.6) is 0 Å². The molecule has 0 aliphatic rings. The fourth-order valence-corrected chi connectivity index (χ4v) is 2.56. The third kappa shape index (κ3) is 3.03. The van der Waals surface area contributed by atoms with E-state index in [9.17, 15) is 9.59 Å². The molecular formula is C18H13ClN2O2. The molecule has 1 amide bonds. The van der Waals surface area contributed by atoms with Crippen LogP contribution in [0.1, 0.15) is 10.4 Å². The molecule has 5 heteroatoms. The van der Waals surface area contributed by atoms with Gasteiger partial charge in [-0.25, -0.2) is 0 Å². The summed E-state index contributed by atoms with van der Waals surface area (Å²) in [5.41, 5.74) is 7.47. The fourth-order valence-electron chi connectivity index (χ4n) is 2.43. The van der Waals surface area contributed by atoms with E-state index in [1.807, 2.05) is 30.3 Å². The number of carbonyl (C=O) groups is 1. The standard InChI is InChI=1S/C18H13ClN2O2/c19-13-8-6-12(7-9-13)15-10-14(11-4-2-1-3-5-11)16(17(20)22)18(23)21-15/h1-10H,(H2,20,22)(H,21,23). The van der Waals surface area contributed by atoms with Crippen molar-refractivity contribution in [2.75, 3.05) is 0 Å². The highest BCUT2D eigenvalue weighted by atomic mass is 35.5. The molecule has 0 bridgehead atoms. The first kappa shape index (κ1) is 15.1. The summed E-state index contributed by atoms with van der Waals surface area (Å²) in [6, 6.07) is 18.0. The fraction of sp³-hybridized carbons (Fsp3) is 0. The predicted molar refractivity (Wildman–Crippen MR) is 91.5 cm³/mol. The van der Waals surface area contributed by atoms with Crippen LogP contribution in [0, 0.1) is 0 Å². The number of aromatic nitrogens is 1. The van der Waals surface area contributed by atoms with E-state index < -0.39 is 11.5 Å². The molecule has 23 heavy (non-hydrogen) atoms. The molecule has 0 saturated carbocycles. The Bertz CT molecular complexity index is 916. The van der Waals surface area contributed by atoms with Gasteiger partial charge in [-0.3, -0.25) is 9.59 Å². The summed E-state index contributed by atoms with van der Waals surface area (Å²) < 4.78 is 0. The van der Waals surface area contributed by atoms with Crippen molar-refractivity contribution in [2.24, 2.45) is 5.73 Å². The van der Waals surface area contributed by atoms with Gasteiger partial charge in [0.1, 0.15) is 5.56 Å². The zero-order valence-corrected chi connectivity index (χ0v) is 12.8. The molecule has 0 unspecified atom stereocenters. The quantitative estimate of drug-likeness (QED) is 0.774. The van der Waals surface area contributed by atoms with Crippen LogP contribution >= 0.6 is 11.6 Å². The number of aromatic amines is 1. The molecule has 0 spiro atoms. The van der Waals surface area contributed by atoms with Crippen LogP contribution in [-0.4, -0.2) is 10.9 Å². The molecule has 1 aromatic heterocycles. The van der Waals surface area contributed by atoms with E-state index in [1.54, 1.807) is 30.3 Å². The van der Waals surface area contributed by atoms with E-state index in [4.69, 9.17) is 17.3 Å². The van der Waals surface area contributed by atoms with E-state index in [0.717, 1.165) is 11.1 Å². The summed E-state index contributed by atoms with van der Waals surface area (Å²) in [5, 5.41) is 0.605. The number of hydrogen-bond donors (Lipinski definition) is 2. The Morgan fingerprint density at radius 1 is 0.957 bits per heavy atom. The average Bonchev–Trinajstić information content (AvgIpc) is 2.55. The Kier molecular flexibility index (Phi) is 4.00. The number of nitrogens with one attached hydrogen (secondary N) is 1. The molecule has 114 valence electrons. The van der Waals surface area contributed by atoms with Crippen LogP contribution in [0.4, 0.5) is 0 Å². The van der Waals surface area contributed by atoms with Crippen molar-refractivity contribution in [3.05, 3.63) is 81.6 Å². The number of nitrogens with two attached hydrogens (primary N) is 1. The van der Waals surface area contributed by atoms with Gasteiger partial charge in [-0.1, -0.05) is 54.1 Å². The minimum Gasteiger partial charge on any atom is -0.365 e. The van der Waals surface area contributed by atoms with Gasteiger partial charge in [0, 0.05) is 16.3 Å². The maximum absolute atomic E-state index is 12.3. The van der Waals surface area contributed by atoms with E-state index in [0.29, 0.717) is 16.3 Å². The summed E-state index contributed by atoms with van der Waals surface area (Å²) in [4.78, 5) is 26.7. The highest BCUT2D eigenvalue weighted by molar-refractivity contribution is 6.30. The SMILES string of the molecule is NC(=O)c1c(-c2ccccc2)cc(-c2ccc(Cl)cc2)[nH]c1=O. The van der Waals surface area contributed by atoms with E-state index in [-0.39, 0.29) is 5.56 Å². The Morgan fingerprint density at radius 3 is 2.22 bits per heavy atom. The lowest BCUT2D eigenvalue weighted by atomic mass is 9.98. The lowest BCUT2D eigenvalue weighted by Crippen LogP contribution is -2.25. The summed E-state index contributed by atoms with van der Waals surface area (Å²) in [6.07, 6.45) is 0. The lowest BCUT2D eigenvalue weighted by Gasteiger charge is -2.10. The van der Waals surface area contributed by atoms with E-state index >= 15 is 0 Å². The molecule has 0 aliphatic carbocycles. The lowest BCUT2D eigenvalue weighted by molar-refractivity contribution is 0.0999. The Hall–Kier alpha value is -2.85. The number of H-pyrrole nitrogens is 1. The molecule has 0 atom stereocenters. The van der Waals surface area contributed by atoms with E-state index in [2.05, 4.69) is 4.98 Å². The second-order valence-corrected chi connectivity index (χ2v) is 5.47. The predicted octanol–water partition coefficient (Wildman–Crippen LogP) is 3.46. The maximum atomic E-state index is 12.3. The van der Waals surface area contributed by atoms with Gasteiger partial charge < -0.3 is 10.7 Å². The zero-order valence-electron chi connectivity index (χ0n) is 12.0. The van der Waals surface area contributed by atoms with E-state index in [1.165, 1.54) is 0 Å². The Labute approximate surface area is 137 Å². The number of rotatable bonds is 3. The van der Waals surface area contributed by atoms with Crippen LogP contribution in [-0.2, 0) is 0 Å². The molecule has 2 aromatic carbocycles. The molecule has 1 heterocycles. The van der Waals surface area contributed by atoms with Gasteiger partial charge in [0.2, 0.25) is 0 Å². The average molecular weight is 325 g/mol. The number of benzene rings is 2. The van der Waals surface area contributed by atoms with Crippen LogP contribution < -0.4 is 11.3 Å². The first-order valence-corrected chi connectivity index (χ1v) is 7.32. The van der Waals surface area contributed by atoms with Crippen molar-refractivity contribution >= 4 is 17.5 Å². The monoisotopic (exact) mass is 324 g/mol. The minimum absolute atomic E-state index is 0.0473. The summed E-state index contributed by atoms with van der Waals surface area (Å²) in [5.74, 6) is -0.757. The van der Waals surface area contributed by atoms with Gasteiger partial charge in [0.15, 0.2) is 0 Å². The second-order valence-electron chi connectivity index (χ2n) is 5.04. The Balaban J connectivity index is 2.26. The van der Waals surface area contributed by atoms with Gasteiger partial charge in [-0.2, -0.15) is 0 Å². The molecule has 3 rings (SSSR count). The first-order chi connectivity index (χ1) is 11.1. The second kappa shape index (κ2) is 6.10. The Morgan fingerprint density at radius 2 is 1.61 bits per heavy atom. The van der Waals surface area contributed by atoms with Crippen molar-refractivity contribution in [2.45, 2.75) is 0 Å². The van der Waals surface area contributed by atoms with Crippen molar-refractivity contribution in [3.8, 4) is 22.4 Å². The van der Waals surface area contributed by atoms with Gasteiger partial charge in [-0.05, 0) is 29.3 Å². The van der Waals surface area contributed by atoms with Crippen LogP contribution in [0.3, 0.4) is 0 Å². The van der Waals surface area contributed by atoms with Crippen molar-refractivity contribution < 1.29 is 4.79 Å². The third-order valence-corrected chi connectivity index (χ3v) is 3.77. The smallest absolute Gasteiger partial charge is 0.261 e. The van der Waals surface area contributed by atoms with Crippen LogP contribution in [0.2, 0.25) is 5.02 Å². The third-order valence-electron chi connectivity index (χ3n) is 3.52. The summed E-state index contributed by atoms with van der Waals surface area (Å²) in [6.45, 7) is 0. The molecule has 4 nitrogen and oxygen atoms in total. The van der Waals surface area contributed by atoms with Crippen LogP contribution in [0.15, 0.2) is 65.5 Å². The number of hydrogen-bond acceptors (Lipinski definition) is 2. The highest BCUT2D eigenvalue weighted by Gasteiger charge is 2.16. The molecule has 0 fully saturated rings. The highest BCUT2D eigenvalue weighted by Crippen LogP contribution is 2.26. The van der Waals surface area contributed by atoms with Crippen molar-refractivity contribution in [3.63, 3.8) is 0 Å². The molecule has 0 saturated heterocycles. The summed E-state index contributed by atoms with van der Waals surface area (Å²) >= 11 is 5.89. The number of carbonyl (C=O) groups excluding carboxylic acids is 1. The molecule has 0 aliphatic heterocycles. The van der Waals surface area contributed by atoms with Crippen molar-refractivity contribution in [1.82, 2.24) is 4.98 Å². The molecule has 3 aromatic rings. The number of halogens is 1. The topological polar surface area (TPSA) is 76.0 Å². The number of amides is 1. The largest absolute Gasteiger partial charge is 0.365 e. The summed E-state index contributed by atoms with van der Waals surface area (Å²) in [7, 11) is 0. The maximum Gasteiger partial charge on any atom is 0.261 e. The number of primary amides is 1. The van der Waals surface area contributed by atoms with Gasteiger partial charge in [0.05, 0.1) is 0 Å². The van der Waals surface area contributed by atoms with Gasteiger partial charge in [0.25, 0.3) is 11.5 Å². The first-order valence-electron chi connectivity index (χ1n) is 6.95. The van der Waals surface area contributed by atoms with Gasteiger partial charge in [-0.15, -0.1) is 0 Å². The van der Waals surface area contributed by atoms with Crippen LogP contribution in [0.25, 0.3) is 22.4 Å². The zero-order chi connectivity index (χ0) is 16.4. The molecule has 3 N–H and O–H groups in total. The van der Waals surface area contributed by atoms with Crippen molar-refractivity contribution in [1.29, 1.82) is 0 Å². The molecule has 0 radical (unpaired) electrons. The van der Waals surface area contributed by atoms with Gasteiger partial charge >= 0.3 is 0 Å². The molecular weight excluding hydrogens is 312 g/mol.